The topological polar surface area (TPSA) is 25.8 Å². The molecule has 0 saturated heterocycles. The molecule has 2 rings (SSSR count). The van der Waals surface area contributed by atoms with Crippen LogP contribution in [0.5, 0.6) is 0 Å². The molecule has 0 aliphatic rings. The van der Waals surface area contributed by atoms with Crippen LogP contribution in [0.2, 0.25) is 0 Å². The lowest BCUT2D eigenvalue weighted by Gasteiger charge is -2.14. The maximum absolute atomic E-state index is 4.08. The Balaban J connectivity index is 1.85. The Bertz CT molecular complexity index is 439. The molecule has 2 nitrogen and oxygen atoms in total. The van der Waals surface area contributed by atoms with E-state index >= 15 is 0 Å². The third-order valence-electron chi connectivity index (χ3n) is 3.44. The van der Waals surface area contributed by atoms with Crippen LogP contribution in [0.15, 0.2) is 49.1 Å². The quantitative estimate of drug-likeness (QED) is 0.763. The molecule has 2 aromatic rings. The van der Waals surface area contributed by atoms with Crippen LogP contribution in [0.3, 0.4) is 0 Å². The molecule has 0 aromatic carbocycles. The molecule has 0 spiro atoms. The van der Waals surface area contributed by atoms with Crippen LogP contribution >= 0.6 is 0 Å². The highest BCUT2D eigenvalue weighted by molar-refractivity contribution is 5.16. The average molecular weight is 240 g/mol. The van der Waals surface area contributed by atoms with Crippen LogP contribution in [-0.2, 0) is 6.42 Å². The van der Waals surface area contributed by atoms with Crippen LogP contribution < -0.4 is 0 Å². The van der Waals surface area contributed by atoms with Gasteiger partial charge in [0.1, 0.15) is 0 Å². The lowest BCUT2D eigenvalue weighted by atomic mass is 9.91. The zero-order valence-corrected chi connectivity index (χ0v) is 10.9. The first-order chi connectivity index (χ1) is 8.90. The molecule has 0 saturated carbocycles. The van der Waals surface area contributed by atoms with Gasteiger partial charge in [-0.1, -0.05) is 6.92 Å². The molecule has 94 valence electrons. The van der Waals surface area contributed by atoms with E-state index in [0.717, 1.165) is 6.42 Å². The van der Waals surface area contributed by atoms with Crippen molar-refractivity contribution in [2.75, 3.05) is 0 Å². The van der Waals surface area contributed by atoms with Crippen molar-refractivity contribution in [3.05, 3.63) is 60.2 Å². The Morgan fingerprint density at radius 1 is 0.944 bits per heavy atom. The van der Waals surface area contributed by atoms with E-state index < -0.39 is 0 Å². The number of aromatic nitrogens is 2. The summed E-state index contributed by atoms with van der Waals surface area (Å²) in [7, 11) is 0. The SMILES string of the molecule is CC[C@H](CCCc1ccncc1)c1ccncc1. The summed E-state index contributed by atoms with van der Waals surface area (Å²) in [4.78, 5) is 8.13. The van der Waals surface area contributed by atoms with Gasteiger partial charge >= 0.3 is 0 Å². The maximum Gasteiger partial charge on any atom is 0.0270 e. The molecule has 0 radical (unpaired) electrons. The van der Waals surface area contributed by atoms with Gasteiger partial charge in [-0.15, -0.1) is 0 Å². The van der Waals surface area contributed by atoms with Gasteiger partial charge in [0.05, 0.1) is 0 Å². The van der Waals surface area contributed by atoms with Gasteiger partial charge in [0, 0.05) is 24.8 Å². The molecule has 0 fully saturated rings. The number of hydrogen-bond acceptors (Lipinski definition) is 2. The van der Waals surface area contributed by atoms with Gasteiger partial charge in [0.25, 0.3) is 0 Å². The minimum Gasteiger partial charge on any atom is -0.265 e. The predicted molar refractivity (Wildman–Crippen MR) is 74.4 cm³/mol. The van der Waals surface area contributed by atoms with E-state index in [2.05, 4.69) is 41.2 Å². The highest BCUT2D eigenvalue weighted by atomic mass is 14.6. The lowest BCUT2D eigenvalue weighted by molar-refractivity contribution is 0.575. The molecule has 0 aliphatic carbocycles. The molecule has 0 unspecified atom stereocenters. The first kappa shape index (κ1) is 12.7. The number of nitrogens with zero attached hydrogens (tertiary/aromatic N) is 2. The molecule has 0 aliphatic heterocycles. The van der Waals surface area contributed by atoms with Crippen molar-refractivity contribution in [2.45, 2.75) is 38.5 Å². The Morgan fingerprint density at radius 3 is 2.17 bits per heavy atom. The summed E-state index contributed by atoms with van der Waals surface area (Å²) in [6.45, 7) is 2.26. The second kappa shape index (κ2) is 6.90. The average Bonchev–Trinajstić information content (AvgIpc) is 2.46. The van der Waals surface area contributed by atoms with Crippen LogP contribution in [0.4, 0.5) is 0 Å². The van der Waals surface area contributed by atoms with Crippen molar-refractivity contribution in [2.24, 2.45) is 0 Å². The van der Waals surface area contributed by atoms with Gasteiger partial charge in [-0.05, 0) is 67.0 Å². The van der Waals surface area contributed by atoms with Gasteiger partial charge < -0.3 is 0 Å². The Morgan fingerprint density at radius 2 is 1.56 bits per heavy atom. The number of rotatable bonds is 6. The van der Waals surface area contributed by atoms with E-state index in [4.69, 9.17) is 0 Å². The Hall–Kier alpha value is -1.70. The van der Waals surface area contributed by atoms with Crippen LogP contribution in [-0.4, -0.2) is 9.97 Å². The Labute approximate surface area is 109 Å². The fourth-order valence-corrected chi connectivity index (χ4v) is 2.34. The zero-order chi connectivity index (χ0) is 12.6. The molecule has 2 aromatic heterocycles. The standard InChI is InChI=1S/C16H20N2/c1-2-15(16-8-12-18-13-9-16)5-3-4-14-6-10-17-11-7-14/h6-13,15H,2-5H2,1H3/t15-/m1/s1. The summed E-state index contributed by atoms with van der Waals surface area (Å²) < 4.78 is 0. The molecule has 18 heavy (non-hydrogen) atoms. The van der Waals surface area contributed by atoms with Crippen LogP contribution in [0.1, 0.15) is 43.2 Å². The molecule has 0 amide bonds. The summed E-state index contributed by atoms with van der Waals surface area (Å²) >= 11 is 0. The fraction of sp³-hybridized carbons (Fsp3) is 0.375. The normalized spacial score (nSPS) is 12.3. The molecule has 0 bridgehead atoms. The van der Waals surface area contributed by atoms with Crippen LogP contribution in [0.25, 0.3) is 0 Å². The van der Waals surface area contributed by atoms with Gasteiger partial charge in [0.2, 0.25) is 0 Å². The monoisotopic (exact) mass is 240 g/mol. The van der Waals surface area contributed by atoms with Gasteiger partial charge in [-0.2, -0.15) is 0 Å². The molecular formula is C16H20N2. The maximum atomic E-state index is 4.08. The van der Waals surface area contributed by atoms with E-state index in [1.807, 2.05) is 24.8 Å². The van der Waals surface area contributed by atoms with E-state index in [1.165, 1.54) is 30.4 Å². The molecule has 1 atom stereocenters. The second-order valence-corrected chi connectivity index (χ2v) is 4.63. The third kappa shape index (κ3) is 3.66. The highest BCUT2D eigenvalue weighted by Gasteiger charge is 2.08. The van der Waals surface area contributed by atoms with Crippen molar-refractivity contribution in [3.63, 3.8) is 0 Å². The molecule has 0 N–H and O–H groups in total. The molecule has 2 heteroatoms. The largest absolute Gasteiger partial charge is 0.265 e. The van der Waals surface area contributed by atoms with Gasteiger partial charge in [-0.3, -0.25) is 9.97 Å². The third-order valence-corrected chi connectivity index (χ3v) is 3.44. The van der Waals surface area contributed by atoms with Crippen molar-refractivity contribution >= 4 is 0 Å². The molecule has 2 heterocycles. The number of pyridine rings is 2. The smallest absolute Gasteiger partial charge is 0.0270 e. The minimum atomic E-state index is 0.662. The van der Waals surface area contributed by atoms with Gasteiger partial charge in [-0.25, -0.2) is 0 Å². The first-order valence-electron chi connectivity index (χ1n) is 6.69. The van der Waals surface area contributed by atoms with Crippen molar-refractivity contribution < 1.29 is 0 Å². The number of hydrogen-bond donors (Lipinski definition) is 0. The summed E-state index contributed by atoms with van der Waals surface area (Å²) in [5.74, 6) is 0.662. The van der Waals surface area contributed by atoms with E-state index in [0.29, 0.717) is 5.92 Å². The van der Waals surface area contributed by atoms with Crippen molar-refractivity contribution in [3.8, 4) is 0 Å². The predicted octanol–water partition coefficient (Wildman–Crippen LogP) is 3.99. The first-order valence-corrected chi connectivity index (χ1v) is 6.69. The lowest BCUT2D eigenvalue weighted by Crippen LogP contribution is -1.99. The minimum absolute atomic E-state index is 0.662. The summed E-state index contributed by atoms with van der Waals surface area (Å²) in [5, 5.41) is 0. The van der Waals surface area contributed by atoms with Crippen LogP contribution in [0, 0.1) is 0 Å². The summed E-state index contributed by atoms with van der Waals surface area (Å²) in [6, 6.07) is 8.49. The van der Waals surface area contributed by atoms with E-state index in [1.54, 1.807) is 0 Å². The van der Waals surface area contributed by atoms with E-state index in [-0.39, 0.29) is 0 Å². The van der Waals surface area contributed by atoms with Crippen molar-refractivity contribution in [1.82, 2.24) is 9.97 Å². The fourth-order valence-electron chi connectivity index (χ4n) is 2.34. The highest BCUT2D eigenvalue weighted by Crippen LogP contribution is 2.24. The zero-order valence-electron chi connectivity index (χ0n) is 10.9. The second-order valence-electron chi connectivity index (χ2n) is 4.63. The Kier molecular flexibility index (Phi) is 4.88. The summed E-state index contributed by atoms with van der Waals surface area (Å²) in [6.07, 6.45) is 12.3. The summed E-state index contributed by atoms with van der Waals surface area (Å²) in [5.41, 5.74) is 2.80. The van der Waals surface area contributed by atoms with E-state index in [9.17, 15) is 0 Å². The number of aryl methyl sites for hydroxylation is 1. The molecular weight excluding hydrogens is 220 g/mol. The van der Waals surface area contributed by atoms with Crippen molar-refractivity contribution in [1.29, 1.82) is 0 Å². The van der Waals surface area contributed by atoms with Gasteiger partial charge in [0.15, 0.2) is 0 Å².